The largest absolute Gasteiger partial charge is 0.426 e. The summed E-state index contributed by atoms with van der Waals surface area (Å²) in [5.74, 6) is 0.0258. The van der Waals surface area contributed by atoms with Crippen molar-refractivity contribution < 1.29 is 14.3 Å². The number of carbonyl (C=O) groups is 2. The van der Waals surface area contributed by atoms with E-state index in [1.807, 2.05) is 0 Å². The number of hydrogen-bond donors (Lipinski definition) is 0. The van der Waals surface area contributed by atoms with Crippen molar-refractivity contribution in [3.63, 3.8) is 0 Å². The van der Waals surface area contributed by atoms with Crippen molar-refractivity contribution in [2.75, 3.05) is 0 Å². The molecular formula is C19H16Cl2O3. The molecule has 3 nitrogen and oxygen atoms in total. The summed E-state index contributed by atoms with van der Waals surface area (Å²) < 4.78 is 5.38. The Morgan fingerprint density at radius 2 is 1.62 bits per heavy atom. The summed E-state index contributed by atoms with van der Waals surface area (Å²) in [5.41, 5.74) is 0.805. The first kappa shape index (κ1) is 17.0. The van der Waals surface area contributed by atoms with Gasteiger partial charge in [-0.25, -0.2) is 0 Å². The number of ketones is 1. The smallest absolute Gasteiger partial charge is 0.314 e. The molecule has 124 valence electrons. The van der Waals surface area contributed by atoms with Crippen LogP contribution in [0.5, 0.6) is 5.75 Å². The number of benzene rings is 2. The highest BCUT2D eigenvalue weighted by Crippen LogP contribution is 2.29. The zero-order chi connectivity index (χ0) is 17.1. The van der Waals surface area contributed by atoms with Gasteiger partial charge in [-0.15, -0.1) is 0 Å². The molecule has 1 saturated carbocycles. The highest BCUT2D eigenvalue weighted by Gasteiger charge is 2.24. The van der Waals surface area contributed by atoms with E-state index in [1.54, 1.807) is 42.5 Å². The SMILES string of the molecule is O=C(c1ccc(OC(=O)C2CCCC2)cc1)c1cccc(Cl)c1Cl. The van der Waals surface area contributed by atoms with Crippen LogP contribution in [0.4, 0.5) is 0 Å². The van der Waals surface area contributed by atoms with E-state index in [0.29, 0.717) is 21.9 Å². The highest BCUT2D eigenvalue weighted by molar-refractivity contribution is 6.44. The molecule has 0 bridgehead atoms. The fourth-order valence-corrected chi connectivity index (χ4v) is 3.26. The Morgan fingerprint density at radius 3 is 2.29 bits per heavy atom. The Bertz CT molecular complexity index is 763. The van der Waals surface area contributed by atoms with Crippen LogP contribution in [0.3, 0.4) is 0 Å². The number of ether oxygens (including phenoxy) is 1. The minimum Gasteiger partial charge on any atom is -0.426 e. The van der Waals surface area contributed by atoms with Crippen molar-refractivity contribution in [2.24, 2.45) is 5.92 Å². The Kier molecular flexibility index (Phi) is 5.22. The topological polar surface area (TPSA) is 43.4 Å². The van der Waals surface area contributed by atoms with Gasteiger partial charge in [0.15, 0.2) is 5.78 Å². The second kappa shape index (κ2) is 7.37. The van der Waals surface area contributed by atoms with Gasteiger partial charge >= 0.3 is 5.97 Å². The van der Waals surface area contributed by atoms with Gasteiger partial charge in [-0.3, -0.25) is 9.59 Å². The monoisotopic (exact) mass is 362 g/mol. The van der Waals surface area contributed by atoms with E-state index in [2.05, 4.69) is 0 Å². The van der Waals surface area contributed by atoms with Crippen molar-refractivity contribution in [3.05, 3.63) is 63.6 Å². The summed E-state index contributed by atoms with van der Waals surface area (Å²) in [6.45, 7) is 0. The molecule has 0 aromatic heterocycles. The van der Waals surface area contributed by atoms with E-state index in [-0.39, 0.29) is 22.7 Å². The Labute approximate surface area is 150 Å². The zero-order valence-electron chi connectivity index (χ0n) is 12.9. The first-order chi connectivity index (χ1) is 11.6. The minimum atomic E-state index is -0.226. The molecule has 0 radical (unpaired) electrons. The van der Waals surface area contributed by atoms with Crippen LogP contribution < -0.4 is 4.74 Å². The predicted molar refractivity (Wildman–Crippen MR) is 93.9 cm³/mol. The molecular weight excluding hydrogens is 347 g/mol. The second-order valence-corrected chi connectivity index (χ2v) is 6.64. The normalized spacial score (nSPS) is 14.6. The van der Waals surface area contributed by atoms with E-state index < -0.39 is 0 Å². The fourth-order valence-electron chi connectivity index (χ4n) is 2.87. The molecule has 2 aromatic rings. The van der Waals surface area contributed by atoms with Gasteiger partial charge in [0, 0.05) is 11.1 Å². The fraction of sp³-hybridized carbons (Fsp3) is 0.263. The van der Waals surface area contributed by atoms with Gasteiger partial charge in [0.1, 0.15) is 5.75 Å². The second-order valence-electron chi connectivity index (χ2n) is 5.86. The number of carbonyl (C=O) groups excluding carboxylic acids is 2. The Hall–Kier alpha value is -1.84. The van der Waals surface area contributed by atoms with E-state index in [4.69, 9.17) is 27.9 Å². The standard InChI is InChI=1S/C19H16Cl2O3/c20-16-7-3-6-15(17(16)21)18(22)12-8-10-14(11-9-12)24-19(23)13-4-1-2-5-13/h3,6-11,13H,1-2,4-5H2. The Balaban J connectivity index is 1.73. The molecule has 24 heavy (non-hydrogen) atoms. The van der Waals surface area contributed by atoms with Crippen molar-refractivity contribution in [3.8, 4) is 5.75 Å². The van der Waals surface area contributed by atoms with Crippen molar-refractivity contribution >= 4 is 35.0 Å². The van der Waals surface area contributed by atoms with Crippen LogP contribution in [0, 0.1) is 5.92 Å². The van der Waals surface area contributed by atoms with E-state index in [9.17, 15) is 9.59 Å². The van der Waals surface area contributed by atoms with Crippen LogP contribution in [-0.4, -0.2) is 11.8 Å². The Morgan fingerprint density at radius 1 is 0.958 bits per heavy atom. The third kappa shape index (κ3) is 3.63. The zero-order valence-corrected chi connectivity index (χ0v) is 14.4. The maximum absolute atomic E-state index is 12.5. The van der Waals surface area contributed by atoms with Gasteiger partial charge in [0.25, 0.3) is 0 Å². The summed E-state index contributed by atoms with van der Waals surface area (Å²) in [4.78, 5) is 24.5. The summed E-state index contributed by atoms with van der Waals surface area (Å²) in [6, 6.07) is 11.4. The van der Waals surface area contributed by atoms with Gasteiger partial charge in [0.2, 0.25) is 0 Å². The van der Waals surface area contributed by atoms with Crippen LogP contribution in [0.25, 0.3) is 0 Å². The lowest BCUT2D eigenvalue weighted by atomic mass is 10.0. The van der Waals surface area contributed by atoms with Crippen LogP contribution >= 0.6 is 23.2 Å². The maximum atomic E-state index is 12.5. The first-order valence-corrected chi connectivity index (χ1v) is 8.62. The molecule has 0 aliphatic heterocycles. The third-order valence-corrected chi connectivity index (χ3v) is 5.04. The molecule has 3 rings (SSSR count). The molecule has 0 spiro atoms. The average Bonchev–Trinajstić information content (AvgIpc) is 3.12. The van der Waals surface area contributed by atoms with Gasteiger partial charge < -0.3 is 4.74 Å². The lowest BCUT2D eigenvalue weighted by Gasteiger charge is -2.10. The van der Waals surface area contributed by atoms with Crippen molar-refractivity contribution in [2.45, 2.75) is 25.7 Å². The summed E-state index contributed by atoms with van der Waals surface area (Å²) in [5, 5.41) is 0.575. The van der Waals surface area contributed by atoms with E-state index in [1.165, 1.54) is 0 Å². The number of hydrogen-bond acceptors (Lipinski definition) is 3. The maximum Gasteiger partial charge on any atom is 0.314 e. The molecule has 0 atom stereocenters. The molecule has 0 amide bonds. The van der Waals surface area contributed by atoms with Gasteiger partial charge in [-0.1, -0.05) is 42.1 Å². The van der Waals surface area contributed by atoms with E-state index in [0.717, 1.165) is 25.7 Å². The van der Waals surface area contributed by atoms with E-state index >= 15 is 0 Å². The average molecular weight is 363 g/mol. The van der Waals surface area contributed by atoms with Crippen LogP contribution in [0.2, 0.25) is 10.0 Å². The quantitative estimate of drug-likeness (QED) is 0.419. The summed E-state index contributed by atoms with van der Waals surface area (Å²) in [6.07, 6.45) is 3.94. The van der Waals surface area contributed by atoms with Crippen LogP contribution in [-0.2, 0) is 4.79 Å². The summed E-state index contributed by atoms with van der Waals surface area (Å²) >= 11 is 12.0. The molecule has 2 aromatic carbocycles. The molecule has 0 heterocycles. The van der Waals surface area contributed by atoms with Gasteiger partial charge in [-0.05, 0) is 49.2 Å². The molecule has 5 heteroatoms. The molecule has 1 fully saturated rings. The predicted octanol–water partition coefficient (Wildman–Crippen LogP) is 5.32. The molecule has 1 aliphatic rings. The lowest BCUT2D eigenvalue weighted by molar-refractivity contribution is -0.138. The van der Waals surface area contributed by atoms with Crippen molar-refractivity contribution in [1.82, 2.24) is 0 Å². The first-order valence-electron chi connectivity index (χ1n) is 7.87. The minimum absolute atomic E-state index is 0.00317. The molecule has 0 saturated heterocycles. The molecule has 0 unspecified atom stereocenters. The lowest BCUT2D eigenvalue weighted by Crippen LogP contribution is -2.17. The molecule has 0 N–H and O–H groups in total. The number of esters is 1. The van der Waals surface area contributed by atoms with Gasteiger partial charge in [0.05, 0.1) is 16.0 Å². The third-order valence-electron chi connectivity index (χ3n) is 4.22. The van der Waals surface area contributed by atoms with Crippen LogP contribution in [0.15, 0.2) is 42.5 Å². The van der Waals surface area contributed by atoms with Gasteiger partial charge in [-0.2, -0.15) is 0 Å². The number of halogens is 2. The number of rotatable bonds is 4. The van der Waals surface area contributed by atoms with Crippen molar-refractivity contribution in [1.29, 1.82) is 0 Å². The highest BCUT2D eigenvalue weighted by atomic mass is 35.5. The molecule has 1 aliphatic carbocycles. The summed E-state index contributed by atoms with van der Waals surface area (Å²) in [7, 11) is 0. The van der Waals surface area contributed by atoms with Crippen LogP contribution in [0.1, 0.15) is 41.6 Å².